The van der Waals surface area contributed by atoms with Gasteiger partial charge in [-0.3, -0.25) is 9.59 Å². The van der Waals surface area contributed by atoms with Crippen LogP contribution in [0.5, 0.6) is 0 Å². The molecule has 0 bridgehead atoms. The van der Waals surface area contributed by atoms with Crippen LogP contribution in [-0.4, -0.2) is 17.9 Å². The highest BCUT2D eigenvalue weighted by Gasteiger charge is 2.25. The van der Waals surface area contributed by atoms with Crippen molar-refractivity contribution < 1.29 is 9.59 Å². The number of nitrogens with one attached hydrogen (secondary N) is 2. The average molecular weight is 485 g/mol. The molecule has 2 aromatic carbocycles. The van der Waals surface area contributed by atoms with Gasteiger partial charge in [-0.15, -0.1) is 0 Å². The second-order valence-corrected chi connectivity index (χ2v) is 7.45. The summed E-state index contributed by atoms with van der Waals surface area (Å²) >= 11 is 5.49. The number of hydrogen-bond donors (Lipinski definition) is 2. The predicted octanol–water partition coefficient (Wildman–Crippen LogP) is 4.20. The molecular weight excluding hydrogens is 471 g/mol. The topological polar surface area (TPSA) is 58.2 Å². The van der Waals surface area contributed by atoms with Crippen molar-refractivity contribution >= 4 is 56.0 Å². The molecule has 2 aromatic rings. The molecule has 23 heavy (non-hydrogen) atoms. The third-order valence-corrected chi connectivity index (χ3v) is 4.94. The van der Waals surface area contributed by atoms with Crippen molar-refractivity contribution in [2.24, 2.45) is 0 Å². The molecule has 1 fully saturated rings. The van der Waals surface area contributed by atoms with E-state index in [-0.39, 0.29) is 17.9 Å². The van der Waals surface area contributed by atoms with E-state index in [1.165, 1.54) is 0 Å². The van der Waals surface area contributed by atoms with Gasteiger partial charge in [0.15, 0.2) is 0 Å². The zero-order valence-electron chi connectivity index (χ0n) is 12.1. The zero-order chi connectivity index (χ0) is 16.4. The minimum absolute atomic E-state index is 0.146. The fourth-order valence-corrected chi connectivity index (χ4v) is 3.08. The lowest BCUT2D eigenvalue weighted by atomic mass is 10.1. The lowest BCUT2D eigenvalue weighted by Crippen LogP contribution is -2.27. The van der Waals surface area contributed by atoms with E-state index >= 15 is 0 Å². The number of carbonyl (C=O) groups is 2. The van der Waals surface area contributed by atoms with Crippen molar-refractivity contribution in [1.82, 2.24) is 5.32 Å². The molecule has 0 aromatic heterocycles. The molecule has 118 valence electrons. The van der Waals surface area contributed by atoms with Crippen LogP contribution >= 0.6 is 38.5 Å². The number of halogens is 2. The summed E-state index contributed by atoms with van der Waals surface area (Å²) in [6.07, 6.45) is 2.05. The van der Waals surface area contributed by atoms with Crippen LogP contribution in [-0.2, 0) is 0 Å². The van der Waals surface area contributed by atoms with Crippen molar-refractivity contribution in [3.05, 3.63) is 61.6 Å². The maximum absolute atomic E-state index is 12.5. The van der Waals surface area contributed by atoms with Crippen LogP contribution in [0.3, 0.4) is 0 Å². The molecular formula is C17H14BrIN2O2. The summed E-state index contributed by atoms with van der Waals surface area (Å²) in [7, 11) is 0. The average Bonchev–Trinajstić information content (AvgIpc) is 3.34. The van der Waals surface area contributed by atoms with Gasteiger partial charge in [-0.05, 0) is 65.8 Å². The van der Waals surface area contributed by atoms with Gasteiger partial charge < -0.3 is 10.6 Å². The van der Waals surface area contributed by atoms with E-state index in [2.05, 4.69) is 49.2 Å². The second kappa shape index (κ2) is 7.00. The smallest absolute Gasteiger partial charge is 0.256 e. The van der Waals surface area contributed by atoms with Crippen molar-refractivity contribution in [1.29, 1.82) is 0 Å². The standard InChI is InChI=1S/C17H14BrIN2O2/c18-10-5-8-14(19)13(9-10)17(23)21-15-4-2-1-3-12(15)16(22)20-11-6-7-11/h1-5,8-9,11H,6-7H2,(H,20,22)(H,21,23). The lowest BCUT2D eigenvalue weighted by Gasteiger charge is -2.12. The van der Waals surface area contributed by atoms with Crippen LogP contribution < -0.4 is 10.6 Å². The molecule has 0 aliphatic heterocycles. The highest BCUT2D eigenvalue weighted by molar-refractivity contribution is 14.1. The molecule has 2 N–H and O–H groups in total. The van der Waals surface area contributed by atoms with Gasteiger partial charge in [-0.25, -0.2) is 0 Å². The number of amides is 2. The summed E-state index contributed by atoms with van der Waals surface area (Å²) in [6.45, 7) is 0. The fraction of sp³-hybridized carbons (Fsp3) is 0.176. The summed E-state index contributed by atoms with van der Waals surface area (Å²) in [4.78, 5) is 24.8. The summed E-state index contributed by atoms with van der Waals surface area (Å²) < 4.78 is 1.69. The molecule has 3 rings (SSSR count). The molecule has 1 aliphatic rings. The van der Waals surface area contributed by atoms with Gasteiger partial charge in [0.2, 0.25) is 0 Å². The van der Waals surface area contributed by atoms with E-state index in [1.54, 1.807) is 30.3 Å². The van der Waals surface area contributed by atoms with Gasteiger partial charge in [0, 0.05) is 14.1 Å². The van der Waals surface area contributed by atoms with Crippen molar-refractivity contribution in [2.75, 3.05) is 5.32 Å². The Balaban J connectivity index is 1.83. The molecule has 0 unspecified atom stereocenters. The summed E-state index contributed by atoms with van der Waals surface area (Å²) in [5.74, 6) is -0.380. The van der Waals surface area contributed by atoms with E-state index in [0.717, 1.165) is 20.9 Å². The molecule has 0 atom stereocenters. The molecule has 0 radical (unpaired) electrons. The van der Waals surface area contributed by atoms with Crippen LogP contribution in [0.1, 0.15) is 33.6 Å². The number of benzene rings is 2. The lowest BCUT2D eigenvalue weighted by molar-refractivity contribution is 0.0952. The molecule has 0 saturated heterocycles. The largest absolute Gasteiger partial charge is 0.349 e. The Morgan fingerprint density at radius 1 is 1.04 bits per heavy atom. The zero-order valence-corrected chi connectivity index (χ0v) is 15.8. The van der Waals surface area contributed by atoms with Gasteiger partial charge in [0.1, 0.15) is 0 Å². The van der Waals surface area contributed by atoms with Crippen LogP contribution in [0.15, 0.2) is 46.9 Å². The first kappa shape index (κ1) is 16.4. The van der Waals surface area contributed by atoms with Crippen molar-refractivity contribution in [3.63, 3.8) is 0 Å². The maximum atomic E-state index is 12.5. The number of carbonyl (C=O) groups excluding carboxylic acids is 2. The number of para-hydroxylation sites is 1. The summed E-state index contributed by atoms with van der Waals surface area (Å²) in [6, 6.07) is 12.8. The fourth-order valence-electron chi connectivity index (χ4n) is 2.14. The Kier molecular flexibility index (Phi) is 5.01. The Hall–Kier alpha value is -1.41. The number of rotatable bonds is 4. The van der Waals surface area contributed by atoms with Gasteiger partial charge in [0.25, 0.3) is 11.8 Å². The van der Waals surface area contributed by atoms with Crippen LogP contribution in [0.4, 0.5) is 5.69 Å². The number of hydrogen-bond acceptors (Lipinski definition) is 2. The van der Waals surface area contributed by atoms with E-state index in [0.29, 0.717) is 16.8 Å². The normalized spacial score (nSPS) is 13.5. The van der Waals surface area contributed by atoms with Gasteiger partial charge in [-0.2, -0.15) is 0 Å². The molecule has 4 nitrogen and oxygen atoms in total. The van der Waals surface area contributed by atoms with Crippen molar-refractivity contribution in [3.8, 4) is 0 Å². The molecule has 2 amide bonds. The third-order valence-electron chi connectivity index (χ3n) is 3.51. The first-order valence-electron chi connectivity index (χ1n) is 7.21. The number of anilines is 1. The third kappa shape index (κ3) is 4.11. The van der Waals surface area contributed by atoms with E-state index in [4.69, 9.17) is 0 Å². The second-order valence-electron chi connectivity index (χ2n) is 5.37. The predicted molar refractivity (Wildman–Crippen MR) is 102 cm³/mol. The van der Waals surface area contributed by atoms with Gasteiger partial charge in [-0.1, -0.05) is 28.1 Å². The molecule has 0 spiro atoms. The first-order chi connectivity index (χ1) is 11.0. The molecule has 0 heterocycles. The Morgan fingerprint density at radius 2 is 1.78 bits per heavy atom. The summed E-state index contributed by atoms with van der Waals surface area (Å²) in [5, 5.41) is 5.79. The monoisotopic (exact) mass is 484 g/mol. The Morgan fingerprint density at radius 3 is 2.52 bits per heavy atom. The van der Waals surface area contributed by atoms with Gasteiger partial charge in [0.05, 0.1) is 16.8 Å². The minimum Gasteiger partial charge on any atom is -0.349 e. The molecule has 6 heteroatoms. The summed E-state index contributed by atoms with van der Waals surface area (Å²) in [5.41, 5.74) is 1.57. The van der Waals surface area contributed by atoms with E-state index < -0.39 is 0 Å². The maximum Gasteiger partial charge on any atom is 0.256 e. The first-order valence-corrected chi connectivity index (χ1v) is 9.08. The highest BCUT2D eigenvalue weighted by Crippen LogP contribution is 2.23. The highest BCUT2D eigenvalue weighted by atomic mass is 127. The minimum atomic E-state index is -0.234. The Bertz CT molecular complexity index is 775. The quantitative estimate of drug-likeness (QED) is 0.639. The molecule has 1 aliphatic carbocycles. The SMILES string of the molecule is O=C(Nc1ccccc1C(=O)NC1CC1)c1cc(Br)ccc1I. The van der Waals surface area contributed by atoms with Crippen molar-refractivity contribution in [2.45, 2.75) is 18.9 Å². The van der Waals surface area contributed by atoms with Gasteiger partial charge >= 0.3 is 0 Å². The van der Waals surface area contributed by atoms with E-state index in [9.17, 15) is 9.59 Å². The van der Waals surface area contributed by atoms with Crippen LogP contribution in [0.2, 0.25) is 0 Å². The Labute approximate surface area is 156 Å². The van der Waals surface area contributed by atoms with Crippen LogP contribution in [0, 0.1) is 3.57 Å². The molecule has 1 saturated carbocycles. The van der Waals surface area contributed by atoms with E-state index in [1.807, 2.05) is 12.1 Å². The van der Waals surface area contributed by atoms with Crippen LogP contribution in [0.25, 0.3) is 0 Å².